The van der Waals surface area contributed by atoms with Crippen molar-refractivity contribution in [3.63, 3.8) is 0 Å². The third-order valence-corrected chi connectivity index (χ3v) is 4.18. The van der Waals surface area contributed by atoms with E-state index in [0.717, 1.165) is 36.2 Å². The molecule has 1 amide bonds. The van der Waals surface area contributed by atoms with Crippen LogP contribution in [0.2, 0.25) is 0 Å². The predicted molar refractivity (Wildman–Crippen MR) is 82.5 cm³/mol. The number of hydrogen-bond acceptors (Lipinski definition) is 1. The number of carbonyl (C=O) groups is 1. The summed E-state index contributed by atoms with van der Waals surface area (Å²) in [5.74, 6) is -0.393. The molecule has 1 atom stereocenters. The molecule has 0 fully saturated rings. The zero-order chi connectivity index (χ0) is 16.6. The van der Waals surface area contributed by atoms with Crippen molar-refractivity contribution in [2.45, 2.75) is 32.0 Å². The van der Waals surface area contributed by atoms with Gasteiger partial charge in [0.05, 0.1) is 5.56 Å². The lowest BCUT2D eigenvalue weighted by Gasteiger charge is -2.35. The van der Waals surface area contributed by atoms with Gasteiger partial charge in [-0.2, -0.15) is 13.2 Å². The van der Waals surface area contributed by atoms with Crippen LogP contribution in [0.15, 0.2) is 48.5 Å². The highest BCUT2D eigenvalue weighted by Gasteiger charge is 2.33. The number of fused-ring (bicyclic) bond motifs is 1. The summed E-state index contributed by atoms with van der Waals surface area (Å²) >= 11 is 0. The first-order valence-electron chi connectivity index (χ1n) is 7.46. The molecular formula is C18H16F3NO. The summed E-state index contributed by atoms with van der Waals surface area (Å²) in [7, 11) is 0. The molecule has 0 spiro atoms. The molecule has 5 heteroatoms. The SMILES string of the molecule is CC1CCc2ccccc2N1C(=O)c1cccc(C(F)(F)F)c1. The molecule has 0 bridgehead atoms. The van der Waals surface area contributed by atoms with Crippen LogP contribution in [-0.4, -0.2) is 11.9 Å². The normalized spacial score (nSPS) is 17.7. The maximum Gasteiger partial charge on any atom is 0.416 e. The second-order valence-corrected chi connectivity index (χ2v) is 5.77. The largest absolute Gasteiger partial charge is 0.416 e. The second-order valence-electron chi connectivity index (χ2n) is 5.77. The van der Waals surface area contributed by atoms with Gasteiger partial charge in [0.2, 0.25) is 0 Å². The molecule has 0 saturated carbocycles. The van der Waals surface area contributed by atoms with Crippen LogP contribution in [0, 0.1) is 0 Å². The van der Waals surface area contributed by atoms with Crippen LogP contribution < -0.4 is 4.90 Å². The third-order valence-electron chi connectivity index (χ3n) is 4.18. The molecule has 3 rings (SSSR count). The van der Waals surface area contributed by atoms with E-state index in [2.05, 4.69) is 0 Å². The Morgan fingerprint density at radius 2 is 1.87 bits per heavy atom. The first kappa shape index (κ1) is 15.6. The molecule has 1 heterocycles. The van der Waals surface area contributed by atoms with Crippen molar-refractivity contribution in [2.24, 2.45) is 0 Å². The van der Waals surface area contributed by atoms with Gasteiger partial charge in [-0.15, -0.1) is 0 Å². The number of aryl methyl sites for hydroxylation is 1. The Balaban J connectivity index is 2.01. The molecular weight excluding hydrogens is 303 g/mol. The Morgan fingerprint density at radius 1 is 1.13 bits per heavy atom. The van der Waals surface area contributed by atoms with Crippen LogP contribution in [0.4, 0.5) is 18.9 Å². The van der Waals surface area contributed by atoms with Crippen LogP contribution in [0.3, 0.4) is 0 Å². The molecule has 0 radical (unpaired) electrons. The van der Waals surface area contributed by atoms with Crippen molar-refractivity contribution in [2.75, 3.05) is 4.90 Å². The summed E-state index contributed by atoms with van der Waals surface area (Å²) in [6.45, 7) is 1.92. The first-order valence-corrected chi connectivity index (χ1v) is 7.46. The van der Waals surface area contributed by atoms with Gasteiger partial charge >= 0.3 is 6.18 Å². The molecule has 1 unspecified atom stereocenters. The molecule has 0 aliphatic carbocycles. The monoisotopic (exact) mass is 319 g/mol. The quantitative estimate of drug-likeness (QED) is 0.747. The smallest absolute Gasteiger partial charge is 0.305 e. The van der Waals surface area contributed by atoms with Crippen molar-refractivity contribution in [3.05, 3.63) is 65.2 Å². The maximum atomic E-state index is 12.9. The van der Waals surface area contributed by atoms with Crippen LogP contribution in [0.1, 0.15) is 34.8 Å². The lowest BCUT2D eigenvalue weighted by Crippen LogP contribution is -2.42. The number of carbonyl (C=O) groups excluding carboxylic acids is 1. The molecule has 1 aliphatic heterocycles. The average Bonchev–Trinajstić information content (AvgIpc) is 2.53. The van der Waals surface area contributed by atoms with Gasteiger partial charge in [-0.1, -0.05) is 24.3 Å². The minimum absolute atomic E-state index is 0.0491. The summed E-state index contributed by atoms with van der Waals surface area (Å²) in [5.41, 5.74) is 1.09. The molecule has 23 heavy (non-hydrogen) atoms. The maximum absolute atomic E-state index is 12.9. The first-order chi connectivity index (χ1) is 10.9. The number of anilines is 1. The Labute approximate surface area is 132 Å². The fourth-order valence-electron chi connectivity index (χ4n) is 2.97. The standard InChI is InChI=1S/C18H16F3NO/c1-12-9-10-13-5-2-3-8-16(13)22(12)17(23)14-6-4-7-15(11-14)18(19,20)21/h2-8,11-12H,9-10H2,1H3. The summed E-state index contributed by atoms with van der Waals surface area (Å²) < 4.78 is 38.6. The van der Waals surface area contributed by atoms with Crippen molar-refractivity contribution < 1.29 is 18.0 Å². The lowest BCUT2D eigenvalue weighted by atomic mass is 9.95. The highest BCUT2D eigenvalue weighted by atomic mass is 19.4. The number of para-hydroxylation sites is 1. The van der Waals surface area contributed by atoms with Crippen molar-refractivity contribution in [1.82, 2.24) is 0 Å². The molecule has 2 nitrogen and oxygen atoms in total. The Morgan fingerprint density at radius 3 is 2.61 bits per heavy atom. The number of benzene rings is 2. The van der Waals surface area contributed by atoms with Gasteiger partial charge in [-0.3, -0.25) is 4.79 Å². The van der Waals surface area contributed by atoms with E-state index in [4.69, 9.17) is 0 Å². The third kappa shape index (κ3) is 2.96. The predicted octanol–water partition coefficient (Wildman–Crippen LogP) is 4.69. The van der Waals surface area contributed by atoms with E-state index in [1.165, 1.54) is 12.1 Å². The molecule has 0 saturated heterocycles. The Hall–Kier alpha value is -2.30. The number of alkyl halides is 3. The summed E-state index contributed by atoms with van der Waals surface area (Å²) in [4.78, 5) is 14.4. The van der Waals surface area contributed by atoms with E-state index in [1.54, 1.807) is 4.90 Å². The van der Waals surface area contributed by atoms with Crippen LogP contribution in [-0.2, 0) is 12.6 Å². The van der Waals surface area contributed by atoms with Gasteiger partial charge in [0.25, 0.3) is 5.91 Å². The molecule has 2 aromatic carbocycles. The topological polar surface area (TPSA) is 20.3 Å². The second kappa shape index (κ2) is 5.72. The minimum atomic E-state index is -4.46. The summed E-state index contributed by atoms with van der Waals surface area (Å²) in [6, 6.07) is 12.1. The van der Waals surface area contributed by atoms with Gasteiger partial charge < -0.3 is 4.90 Å². The van der Waals surface area contributed by atoms with E-state index in [1.807, 2.05) is 31.2 Å². The van der Waals surface area contributed by atoms with Crippen molar-refractivity contribution in [1.29, 1.82) is 0 Å². The van der Waals surface area contributed by atoms with Crippen LogP contribution in [0.5, 0.6) is 0 Å². The fraction of sp³-hybridized carbons (Fsp3) is 0.278. The lowest BCUT2D eigenvalue weighted by molar-refractivity contribution is -0.137. The minimum Gasteiger partial charge on any atom is -0.305 e. The fourth-order valence-corrected chi connectivity index (χ4v) is 2.97. The molecule has 2 aromatic rings. The van der Waals surface area contributed by atoms with Gasteiger partial charge in [0.15, 0.2) is 0 Å². The number of nitrogens with zero attached hydrogens (tertiary/aromatic N) is 1. The van der Waals surface area contributed by atoms with Crippen molar-refractivity contribution in [3.8, 4) is 0 Å². The van der Waals surface area contributed by atoms with Gasteiger partial charge in [-0.05, 0) is 49.6 Å². The molecule has 0 aromatic heterocycles. The number of rotatable bonds is 1. The Kier molecular flexibility index (Phi) is 3.88. The average molecular weight is 319 g/mol. The van der Waals surface area contributed by atoms with Gasteiger partial charge in [0, 0.05) is 17.3 Å². The zero-order valence-corrected chi connectivity index (χ0v) is 12.6. The van der Waals surface area contributed by atoms with Crippen LogP contribution in [0.25, 0.3) is 0 Å². The zero-order valence-electron chi connectivity index (χ0n) is 12.6. The van der Waals surface area contributed by atoms with Gasteiger partial charge in [0.1, 0.15) is 0 Å². The van der Waals surface area contributed by atoms with E-state index in [9.17, 15) is 18.0 Å². The van der Waals surface area contributed by atoms with E-state index < -0.39 is 17.6 Å². The number of amides is 1. The van der Waals surface area contributed by atoms with Crippen molar-refractivity contribution >= 4 is 11.6 Å². The molecule has 120 valence electrons. The molecule has 1 aliphatic rings. The highest BCUT2D eigenvalue weighted by Crippen LogP contribution is 2.33. The summed E-state index contributed by atoms with van der Waals surface area (Å²) in [5, 5.41) is 0. The van der Waals surface area contributed by atoms with E-state index >= 15 is 0 Å². The van der Waals surface area contributed by atoms with Crippen LogP contribution >= 0.6 is 0 Å². The van der Waals surface area contributed by atoms with Gasteiger partial charge in [-0.25, -0.2) is 0 Å². The number of halogens is 3. The molecule has 0 N–H and O–H groups in total. The highest BCUT2D eigenvalue weighted by molar-refractivity contribution is 6.07. The Bertz CT molecular complexity index is 739. The van der Waals surface area contributed by atoms with E-state index in [-0.39, 0.29) is 11.6 Å². The summed E-state index contributed by atoms with van der Waals surface area (Å²) in [6.07, 6.45) is -2.80. The van der Waals surface area contributed by atoms with E-state index in [0.29, 0.717) is 0 Å². The number of hydrogen-bond donors (Lipinski definition) is 0.